The summed E-state index contributed by atoms with van der Waals surface area (Å²) >= 11 is 0. The number of aryl methyl sites for hydroxylation is 4. The Bertz CT molecular complexity index is 790. The van der Waals surface area contributed by atoms with Crippen molar-refractivity contribution < 1.29 is 0 Å². The summed E-state index contributed by atoms with van der Waals surface area (Å²) in [5.74, 6) is 0. The molecule has 0 heteroatoms. The van der Waals surface area contributed by atoms with Gasteiger partial charge in [0.2, 0.25) is 0 Å². The van der Waals surface area contributed by atoms with E-state index in [0.717, 1.165) is 25.7 Å². The third-order valence-electron chi connectivity index (χ3n) is 4.70. The molecule has 25 heavy (non-hydrogen) atoms. The van der Waals surface area contributed by atoms with Gasteiger partial charge in [0.1, 0.15) is 0 Å². The molecule has 0 amide bonds. The molecule has 0 radical (unpaired) electrons. The Labute approximate surface area is 151 Å². The maximum Gasteiger partial charge on any atom is -0.0184 e. The van der Waals surface area contributed by atoms with Crippen LogP contribution in [-0.2, 0) is 19.3 Å². The van der Waals surface area contributed by atoms with E-state index in [1.807, 2.05) is 6.08 Å². The van der Waals surface area contributed by atoms with Crippen molar-refractivity contribution in [2.45, 2.75) is 32.6 Å². The molecule has 0 atom stereocenters. The lowest BCUT2D eigenvalue weighted by Crippen LogP contribution is -1.91. The van der Waals surface area contributed by atoms with Crippen LogP contribution in [-0.4, -0.2) is 0 Å². The van der Waals surface area contributed by atoms with Crippen LogP contribution in [0.1, 0.15) is 28.7 Å². The van der Waals surface area contributed by atoms with Crippen molar-refractivity contribution in [3.63, 3.8) is 0 Å². The van der Waals surface area contributed by atoms with Crippen LogP contribution in [0, 0.1) is 6.92 Å². The summed E-state index contributed by atoms with van der Waals surface area (Å²) in [5, 5.41) is 0. The maximum absolute atomic E-state index is 3.79. The summed E-state index contributed by atoms with van der Waals surface area (Å²) in [5.41, 5.74) is 8.07. The molecular weight excluding hydrogens is 300 g/mol. The Morgan fingerprint density at radius 3 is 1.44 bits per heavy atom. The molecule has 3 aromatic rings. The van der Waals surface area contributed by atoms with E-state index in [-0.39, 0.29) is 0 Å². The predicted octanol–water partition coefficient (Wildman–Crippen LogP) is 6.57. The van der Waals surface area contributed by atoms with Crippen molar-refractivity contribution in [1.82, 2.24) is 0 Å². The van der Waals surface area contributed by atoms with Crippen LogP contribution in [0.2, 0.25) is 0 Å². The average molecular weight is 326 g/mol. The molecule has 0 aliphatic heterocycles. The normalized spacial score (nSPS) is 10.6. The Hall–Kier alpha value is -2.60. The van der Waals surface area contributed by atoms with Gasteiger partial charge in [-0.3, -0.25) is 0 Å². The molecule has 3 rings (SSSR count). The van der Waals surface area contributed by atoms with Gasteiger partial charge in [-0.05, 0) is 60.4 Å². The maximum atomic E-state index is 3.79. The number of rotatable bonds is 7. The van der Waals surface area contributed by atoms with Crippen LogP contribution in [0.25, 0.3) is 11.1 Å². The second kappa shape index (κ2) is 8.48. The van der Waals surface area contributed by atoms with Crippen LogP contribution in [0.15, 0.2) is 85.5 Å². The highest BCUT2D eigenvalue weighted by Crippen LogP contribution is 2.21. The monoisotopic (exact) mass is 326 g/mol. The second-order valence-corrected chi connectivity index (χ2v) is 6.71. The number of hydrogen-bond donors (Lipinski definition) is 0. The fourth-order valence-corrected chi connectivity index (χ4v) is 3.04. The third kappa shape index (κ3) is 4.93. The Kier molecular flexibility index (Phi) is 5.85. The van der Waals surface area contributed by atoms with Crippen LogP contribution >= 0.6 is 0 Å². The van der Waals surface area contributed by atoms with Gasteiger partial charge in [-0.1, -0.05) is 84.4 Å². The molecule has 0 saturated carbocycles. The Morgan fingerprint density at radius 1 is 0.600 bits per heavy atom. The summed E-state index contributed by atoms with van der Waals surface area (Å²) in [6, 6.07) is 26.7. The molecule has 0 bridgehead atoms. The smallest absolute Gasteiger partial charge is 0.0184 e. The molecule has 0 nitrogen and oxygen atoms in total. The van der Waals surface area contributed by atoms with E-state index in [1.165, 1.54) is 33.4 Å². The average Bonchev–Trinajstić information content (AvgIpc) is 2.67. The third-order valence-corrected chi connectivity index (χ3v) is 4.70. The SMILES string of the molecule is C=CCCc1ccc(-c2ccc(CCc3ccc(C)cc3)cc2)cc1. The van der Waals surface area contributed by atoms with Crippen LogP contribution in [0.3, 0.4) is 0 Å². The van der Waals surface area contributed by atoms with Gasteiger partial charge >= 0.3 is 0 Å². The minimum atomic E-state index is 1.04. The zero-order valence-corrected chi connectivity index (χ0v) is 15.0. The second-order valence-electron chi connectivity index (χ2n) is 6.71. The molecule has 0 aliphatic carbocycles. The van der Waals surface area contributed by atoms with Gasteiger partial charge in [0.15, 0.2) is 0 Å². The first kappa shape index (κ1) is 17.2. The molecule has 0 heterocycles. The molecule has 0 N–H and O–H groups in total. The minimum absolute atomic E-state index is 1.04. The minimum Gasteiger partial charge on any atom is -0.103 e. The van der Waals surface area contributed by atoms with Crippen molar-refractivity contribution in [2.24, 2.45) is 0 Å². The van der Waals surface area contributed by atoms with Crippen molar-refractivity contribution in [3.8, 4) is 11.1 Å². The number of hydrogen-bond acceptors (Lipinski definition) is 0. The van der Waals surface area contributed by atoms with Crippen molar-refractivity contribution >= 4 is 0 Å². The van der Waals surface area contributed by atoms with Gasteiger partial charge in [0, 0.05) is 0 Å². The lowest BCUT2D eigenvalue weighted by Gasteiger charge is -2.07. The summed E-state index contributed by atoms with van der Waals surface area (Å²) in [6.45, 7) is 5.92. The van der Waals surface area contributed by atoms with Crippen molar-refractivity contribution in [2.75, 3.05) is 0 Å². The Balaban J connectivity index is 1.61. The first-order chi connectivity index (χ1) is 12.2. The van der Waals surface area contributed by atoms with E-state index in [0.29, 0.717) is 0 Å². The molecule has 0 aliphatic rings. The van der Waals surface area contributed by atoms with Gasteiger partial charge < -0.3 is 0 Å². The summed E-state index contributed by atoms with van der Waals surface area (Å²) in [6.07, 6.45) is 6.27. The topological polar surface area (TPSA) is 0 Å². The number of benzene rings is 3. The van der Waals surface area contributed by atoms with E-state index in [1.54, 1.807) is 0 Å². The molecule has 0 fully saturated rings. The van der Waals surface area contributed by atoms with E-state index < -0.39 is 0 Å². The first-order valence-corrected chi connectivity index (χ1v) is 9.09. The zero-order valence-electron chi connectivity index (χ0n) is 15.0. The quantitative estimate of drug-likeness (QED) is 0.431. The van der Waals surface area contributed by atoms with E-state index >= 15 is 0 Å². The summed E-state index contributed by atoms with van der Waals surface area (Å²) in [7, 11) is 0. The molecule has 126 valence electrons. The molecule has 0 saturated heterocycles. The summed E-state index contributed by atoms with van der Waals surface area (Å²) in [4.78, 5) is 0. The highest BCUT2D eigenvalue weighted by Gasteiger charge is 2.00. The van der Waals surface area contributed by atoms with E-state index in [9.17, 15) is 0 Å². The molecular formula is C25H26. The standard InChI is InChI=1S/C25H26/c1-3-4-5-21-12-16-24(17-13-21)25-18-14-23(15-19-25)11-10-22-8-6-20(2)7-9-22/h3,6-9,12-19H,1,4-5,10-11H2,2H3. The van der Waals surface area contributed by atoms with Gasteiger partial charge in [-0.25, -0.2) is 0 Å². The van der Waals surface area contributed by atoms with E-state index in [4.69, 9.17) is 0 Å². The van der Waals surface area contributed by atoms with Crippen LogP contribution in [0.4, 0.5) is 0 Å². The summed E-state index contributed by atoms with van der Waals surface area (Å²) < 4.78 is 0. The highest BCUT2D eigenvalue weighted by molar-refractivity contribution is 5.64. The van der Waals surface area contributed by atoms with Gasteiger partial charge in [-0.2, -0.15) is 0 Å². The van der Waals surface area contributed by atoms with Gasteiger partial charge in [0.25, 0.3) is 0 Å². The van der Waals surface area contributed by atoms with Crippen LogP contribution in [0.5, 0.6) is 0 Å². The predicted molar refractivity (Wildman–Crippen MR) is 109 cm³/mol. The Morgan fingerprint density at radius 2 is 1.00 bits per heavy atom. The fourth-order valence-electron chi connectivity index (χ4n) is 3.04. The van der Waals surface area contributed by atoms with E-state index in [2.05, 4.69) is 86.3 Å². The molecule has 0 spiro atoms. The lowest BCUT2D eigenvalue weighted by molar-refractivity contribution is 0.959. The van der Waals surface area contributed by atoms with Crippen molar-refractivity contribution in [3.05, 3.63) is 108 Å². The highest BCUT2D eigenvalue weighted by atomic mass is 14.1. The molecule has 3 aromatic carbocycles. The molecule has 0 aromatic heterocycles. The first-order valence-electron chi connectivity index (χ1n) is 9.09. The zero-order chi connectivity index (χ0) is 17.5. The van der Waals surface area contributed by atoms with Gasteiger partial charge in [-0.15, -0.1) is 6.58 Å². The van der Waals surface area contributed by atoms with Gasteiger partial charge in [0.05, 0.1) is 0 Å². The fraction of sp³-hybridized carbons (Fsp3) is 0.200. The van der Waals surface area contributed by atoms with Crippen molar-refractivity contribution in [1.29, 1.82) is 0 Å². The number of allylic oxidation sites excluding steroid dienone is 1. The van der Waals surface area contributed by atoms with Crippen LogP contribution < -0.4 is 0 Å². The molecule has 0 unspecified atom stereocenters. The largest absolute Gasteiger partial charge is 0.103 e. The lowest BCUT2D eigenvalue weighted by atomic mass is 9.99.